The second-order valence-corrected chi connectivity index (χ2v) is 17.6. The van der Waals surface area contributed by atoms with Crippen molar-refractivity contribution in [3.05, 3.63) is 187 Å². The van der Waals surface area contributed by atoms with Gasteiger partial charge in [0.2, 0.25) is 7.29 Å². The van der Waals surface area contributed by atoms with Gasteiger partial charge in [0.1, 0.15) is 0 Å². The molecule has 0 unspecified atom stereocenters. The largest absolute Gasteiger partial charge is 0.301 e. The SMILES string of the molecule is O=P(c1ccccc1)(c1ccccc1)N(CCN1[C@H](c2ccccc2)[C@H]2C=CC=C[C@H]2[P@]1(=O)c1ccccc1)Cc1ccccc1. The highest BCUT2D eigenvalue weighted by Crippen LogP contribution is 2.68. The zero-order valence-corrected chi connectivity index (χ0v) is 27.5. The topological polar surface area (TPSA) is 40.6 Å². The summed E-state index contributed by atoms with van der Waals surface area (Å²) in [5.74, 6) is 0.0519. The molecule has 0 spiro atoms. The van der Waals surface area contributed by atoms with Gasteiger partial charge in [0.05, 0.1) is 5.66 Å². The Morgan fingerprint density at radius 2 is 1.13 bits per heavy atom. The summed E-state index contributed by atoms with van der Waals surface area (Å²) in [5, 5.41) is 2.46. The van der Waals surface area contributed by atoms with Crippen LogP contribution in [0.1, 0.15) is 17.2 Å². The standard InChI is InChI=1S/C40H38N2O2P2/c43-45(35-22-10-3-11-23-35,36-24-12-4-13-25-36)41(32-33-18-6-1-7-19-33)30-31-42-40(34-20-8-2-9-21-34)38-28-16-17-29-39(38)46(42,44)37-26-14-5-15-27-37/h1-29,38-40H,30-32H2/t38-,39+,40+,46+/m0/s1. The zero-order valence-electron chi connectivity index (χ0n) is 25.7. The van der Waals surface area contributed by atoms with Gasteiger partial charge in [-0.1, -0.05) is 152 Å². The summed E-state index contributed by atoms with van der Waals surface area (Å²) in [6, 6.07) is 50.3. The van der Waals surface area contributed by atoms with Crippen molar-refractivity contribution in [2.45, 2.75) is 18.2 Å². The number of rotatable bonds is 10. The van der Waals surface area contributed by atoms with Gasteiger partial charge in [-0.15, -0.1) is 0 Å². The molecule has 5 aromatic carbocycles. The van der Waals surface area contributed by atoms with Crippen molar-refractivity contribution in [2.75, 3.05) is 13.1 Å². The van der Waals surface area contributed by atoms with Gasteiger partial charge in [-0.2, -0.15) is 0 Å². The van der Waals surface area contributed by atoms with Crippen LogP contribution in [0.2, 0.25) is 0 Å². The van der Waals surface area contributed by atoms with Gasteiger partial charge in [-0.05, 0) is 35.4 Å². The summed E-state index contributed by atoms with van der Waals surface area (Å²) in [6.07, 6.45) is 8.52. The lowest BCUT2D eigenvalue weighted by molar-refractivity contribution is 0.284. The first-order valence-corrected chi connectivity index (χ1v) is 19.3. The minimum absolute atomic E-state index is 0.0519. The van der Waals surface area contributed by atoms with Crippen molar-refractivity contribution in [2.24, 2.45) is 5.92 Å². The zero-order chi connectivity index (χ0) is 31.4. The smallest absolute Gasteiger partial charge is 0.207 e. The van der Waals surface area contributed by atoms with Crippen molar-refractivity contribution in [1.82, 2.24) is 9.34 Å². The Bertz CT molecular complexity index is 1850. The van der Waals surface area contributed by atoms with E-state index in [1.807, 2.05) is 121 Å². The van der Waals surface area contributed by atoms with Gasteiger partial charge >= 0.3 is 0 Å². The number of benzene rings is 5. The van der Waals surface area contributed by atoms with Crippen molar-refractivity contribution in [3.8, 4) is 0 Å². The summed E-state index contributed by atoms with van der Waals surface area (Å²) < 4.78 is 36.0. The van der Waals surface area contributed by atoms with E-state index in [0.29, 0.717) is 19.6 Å². The number of fused-ring (bicyclic) bond motifs is 1. The van der Waals surface area contributed by atoms with E-state index in [9.17, 15) is 0 Å². The molecule has 0 bridgehead atoms. The van der Waals surface area contributed by atoms with Crippen LogP contribution in [0, 0.1) is 5.92 Å². The predicted molar refractivity (Wildman–Crippen MR) is 192 cm³/mol. The molecule has 5 aromatic rings. The molecule has 230 valence electrons. The van der Waals surface area contributed by atoms with Crippen LogP contribution < -0.4 is 15.9 Å². The van der Waals surface area contributed by atoms with E-state index in [1.165, 1.54) is 0 Å². The third-order valence-corrected chi connectivity index (χ3v) is 16.0. The van der Waals surface area contributed by atoms with Crippen molar-refractivity contribution in [3.63, 3.8) is 0 Å². The Morgan fingerprint density at radius 3 is 1.72 bits per heavy atom. The highest BCUT2D eigenvalue weighted by molar-refractivity contribution is 7.76. The monoisotopic (exact) mass is 640 g/mol. The lowest BCUT2D eigenvalue weighted by atomic mass is 9.88. The Kier molecular flexibility index (Phi) is 8.89. The van der Waals surface area contributed by atoms with Crippen molar-refractivity contribution in [1.29, 1.82) is 0 Å². The summed E-state index contributed by atoms with van der Waals surface area (Å²) >= 11 is 0. The molecule has 4 atom stereocenters. The van der Waals surface area contributed by atoms with E-state index in [-0.39, 0.29) is 17.6 Å². The van der Waals surface area contributed by atoms with Crippen LogP contribution in [-0.2, 0) is 15.7 Å². The maximum Gasteiger partial charge on any atom is 0.207 e. The molecule has 6 heteroatoms. The fraction of sp³-hybridized carbons (Fsp3) is 0.150. The molecule has 7 rings (SSSR count). The Labute approximate surface area is 272 Å². The van der Waals surface area contributed by atoms with E-state index in [1.54, 1.807) is 0 Å². The molecule has 1 aliphatic carbocycles. The lowest BCUT2D eigenvalue weighted by Gasteiger charge is -2.37. The van der Waals surface area contributed by atoms with Gasteiger partial charge in [0, 0.05) is 47.5 Å². The minimum Gasteiger partial charge on any atom is -0.301 e. The normalized spacial score (nSPS) is 22.6. The molecule has 0 saturated carbocycles. The summed E-state index contributed by atoms with van der Waals surface area (Å²) in [7, 11) is -6.45. The Hall–Kier alpha value is -4.04. The molecule has 1 heterocycles. The highest BCUT2D eigenvalue weighted by Gasteiger charge is 2.56. The molecule has 1 saturated heterocycles. The number of allylic oxidation sites excluding steroid dienone is 3. The van der Waals surface area contributed by atoms with E-state index >= 15 is 9.13 Å². The van der Waals surface area contributed by atoms with Crippen molar-refractivity contribution >= 4 is 30.5 Å². The van der Waals surface area contributed by atoms with E-state index in [2.05, 4.69) is 64.0 Å². The molecule has 0 aromatic heterocycles. The van der Waals surface area contributed by atoms with Crippen LogP contribution >= 0.6 is 14.6 Å². The summed E-state index contributed by atoms with van der Waals surface area (Å²) in [5.41, 5.74) is 2.08. The molecule has 4 nitrogen and oxygen atoms in total. The quantitative estimate of drug-likeness (QED) is 0.144. The molecule has 0 N–H and O–H groups in total. The molecule has 1 fully saturated rings. The average Bonchev–Trinajstić information content (AvgIpc) is 3.40. The highest BCUT2D eigenvalue weighted by atomic mass is 31.2. The molecule has 0 radical (unpaired) electrons. The van der Waals surface area contributed by atoms with Crippen LogP contribution in [0.5, 0.6) is 0 Å². The van der Waals surface area contributed by atoms with Crippen LogP contribution in [0.4, 0.5) is 0 Å². The molecule has 46 heavy (non-hydrogen) atoms. The molecule has 0 amide bonds. The van der Waals surface area contributed by atoms with Gasteiger partial charge in [0.25, 0.3) is 0 Å². The average molecular weight is 641 g/mol. The van der Waals surface area contributed by atoms with Crippen LogP contribution in [0.15, 0.2) is 176 Å². The van der Waals surface area contributed by atoms with E-state index in [4.69, 9.17) is 0 Å². The number of nitrogens with zero attached hydrogens (tertiary/aromatic N) is 2. The fourth-order valence-electron chi connectivity index (χ4n) is 7.17. The Balaban J connectivity index is 1.36. The molecule has 2 aliphatic rings. The molecule has 1 aliphatic heterocycles. The van der Waals surface area contributed by atoms with E-state index < -0.39 is 14.6 Å². The van der Waals surface area contributed by atoms with Gasteiger partial charge in [0.15, 0.2) is 7.29 Å². The fourth-order valence-corrected chi connectivity index (χ4v) is 13.7. The molecular formula is C40H38N2O2P2. The third kappa shape index (κ3) is 5.61. The maximum atomic E-state index is 15.8. The molecular weight excluding hydrogens is 602 g/mol. The van der Waals surface area contributed by atoms with Crippen LogP contribution in [0.25, 0.3) is 0 Å². The first-order valence-electron chi connectivity index (χ1n) is 15.9. The minimum atomic E-state index is -3.30. The summed E-state index contributed by atoms with van der Waals surface area (Å²) in [6.45, 7) is 1.44. The van der Waals surface area contributed by atoms with E-state index in [0.717, 1.165) is 27.0 Å². The van der Waals surface area contributed by atoms with Gasteiger partial charge < -0.3 is 4.57 Å². The van der Waals surface area contributed by atoms with Crippen LogP contribution in [-0.4, -0.2) is 28.1 Å². The van der Waals surface area contributed by atoms with Gasteiger partial charge in [-0.25, -0.2) is 9.34 Å². The lowest BCUT2D eigenvalue weighted by Crippen LogP contribution is -2.38. The maximum absolute atomic E-state index is 15.8. The summed E-state index contributed by atoms with van der Waals surface area (Å²) in [4.78, 5) is 0. The van der Waals surface area contributed by atoms with Crippen molar-refractivity contribution < 1.29 is 9.13 Å². The van der Waals surface area contributed by atoms with Crippen LogP contribution in [0.3, 0.4) is 0 Å². The number of hydrogen-bond donors (Lipinski definition) is 0. The second-order valence-electron chi connectivity index (χ2n) is 11.9. The Morgan fingerprint density at radius 1 is 0.630 bits per heavy atom. The predicted octanol–water partition coefficient (Wildman–Crippen LogP) is 8.19. The second kappa shape index (κ2) is 13.4. The first-order chi connectivity index (χ1) is 22.6. The van der Waals surface area contributed by atoms with Gasteiger partial charge in [-0.3, -0.25) is 4.57 Å². The number of hydrogen-bond acceptors (Lipinski definition) is 2. The first kappa shape index (κ1) is 30.6. The third-order valence-electron chi connectivity index (χ3n) is 9.29.